The minimum atomic E-state index is -0.324. The maximum Gasteiger partial charge on any atom is 0.274 e. The first kappa shape index (κ1) is 16.3. The fraction of sp³-hybridized carbons (Fsp3) is 0.412. The van der Waals surface area contributed by atoms with Crippen LogP contribution in [0, 0.1) is 6.92 Å². The summed E-state index contributed by atoms with van der Waals surface area (Å²) in [5, 5.41) is 9.51. The molecule has 3 heterocycles. The van der Waals surface area contributed by atoms with E-state index in [1.165, 1.54) is 18.5 Å². The Morgan fingerprint density at radius 3 is 2.62 bits per heavy atom. The second kappa shape index (κ2) is 6.92. The zero-order valence-electron chi connectivity index (χ0n) is 13.6. The summed E-state index contributed by atoms with van der Waals surface area (Å²) in [5.41, 5.74) is 1.66. The standard InChI is InChI=1S/C17H20N4O3/c1-12-3-2-4-16(23)21(12)11-13-9-19-15(10-18-13)17(24)20-7-5-14(22)6-8-20/h2-4,9-10,14,22H,5-8,11H2,1H3. The Bertz CT molecular complexity index is 777. The van der Waals surface area contributed by atoms with Gasteiger partial charge in [0.25, 0.3) is 11.5 Å². The van der Waals surface area contributed by atoms with Crippen LogP contribution in [0.2, 0.25) is 0 Å². The highest BCUT2D eigenvalue weighted by Crippen LogP contribution is 2.12. The molecule has 7 nitrogen and oxygen atoms in total. The number of amides is 1. The molecule has 3 rings (SSSR count). The summed E-state index contributed by atoms with van der Waals surface area (Å²) in [6, 6.07) is 5.08. The molecule has 0 saturated carbocycles. The summed E-state index contributed by atoms with van der Waals surface area (Å²) in [6.45, 7) is 3.24. The number of hydrogen-bond acceptors (Lipinski definition) is 5. The molecular formula is C17H20N4O3. The zero-order chi connectivity index (χ0) is 17.1. The smallest absolute Gasteiger partial charge is 0.274 e. The summed E-state index contributed by atoms with van der Waals surface area (Å²) in [6.07, 6.45) is 3.84. The number of piperidine rings is 1. The predicted octanol–water partition coefficient (Wildman–Crippen LogP) is 0.592. The minimum absolute atomic E-state index is 0.0937. The molecule has 0 aliphatic carbocycles. The Balaban J connectivity index is 1.71. The fourth-order valence-corrected chi connectivity index (χ4v) is 2.77. The number of aromatic nitrogens is 3. The van der Waals surface area contributed by atoms with Crippen molar-refractivity contribution in [2.45, 2.75) is 32.4 Å². The number of hydrogen-bond donors (Lipinski definition) is 1. The SMILES string of the molecule is Cc1cccc(=O)n1Cc1cnc(C(=O)N2CCC(O)CC2)cn1. The second-order valence-electron chi connectivity index (χ2n) is 6.01. The van der Waals surface area contributed by atoms with Gasteiger partial charge in [-0.05, 0) is 25.8 Å². The lowest BCUT2D eigenvalue weighted by Gasteiger charge is -2.29. The Labute approximate surface area is 139 Å². The molecule has 2 aromatic heterocycles. The highest BCUT2D eigenvalue weighted by atomic mass is 16.3. The van der Waals surface area contributed by atoms with Gasteiger partial charge in [-0.1, -0.05) is 6.07 Å². The monoisotopic (exact) mass is 328 g/mol. The highest BCUT2D eigenvalue weighted by molar-refractivity contribution is 5.92. The minimum Gasteiger partial charge on any atom is -0.393 e. The summed E-state index contributed by atoms with van der Waals surface area (Å²) in [7, 11) is 0. The van der Waals surface area contributed by atoms with Crippen LogP contribution in [0.25, 0.3) is 0 Å². The second-order valence-corrected chi connectivity index (χ2v) is 6.01. The molecule has 1 amide bonds. The van der Waals surface area contributed by atoms with Crippen LogP contribution in [0.15, 0.2) is 35.4 Å². The van der Waals surface area contributed by atoms with Gasteiger partial charge >= 0.3 is 0 Å². The van der Waals surface area contributed by atoms with Gasteiger partial charge in [0.15, 0.2) is 0 Å². The first-order valence-corrected chi connectivity index (χ1v) is 7.99. The molecule has 7 heteroatoms. The number of pyridine rings is 1. The number of nitrogens with zero attached hydrogens (tertiary/aromatic N) is 4. The molecular weight excluding hydrogens is 308 g/mol. The van der Waals surface area contributed by atoms with Gasteiger partial charge in [-0.3, -0.25) is 14.6 Å². The first-order chi connectivity index (χ1) is 11.5. The molecule has 1 saturated heterocycles. The van der Waals surface area contributed by atoms with Crippen molar-refractivity contribution >= 4 is 5.91 Å². The largest absolute Gasteiger partial charge is 0.393 e. The van der Waals surface area contributed by atoms with Crippen molar-refractivity contribution in [3.05, 3.63) is 58.0 Å². The molecule has 0 unspecified atom stereocenters. The Kier molecular flexibility index (Phi) is 4.71. The fourth-order valence-electron chi connectivity index (χ4n) is 2.77. The molecule has 0 spiro atoms. The third kappa shape index (κ3) is 3.51. The van der Waals surface area contributed by atoms with Crippen LogP contribution < -0.4 is 5.56 Å². The number of carbonyl (C=O) groups excluding carboxylic acids is 1. The number of rotatable bonds is 3. The summed E-state index contributed by atoms with van der Waals surface area (Å²) < 4.78 is 1.61. The summed E-state index contributed by atoms with van der Waals surface area (Å²) in [5.74, 6) is -0.172. The van der Waals surface area contributed by atoms with E-state index in [-0.39, 0.29) is 23.3 Å². The topological polar surface area (TPSA) is 88.3 Å². The van der Waals surface area contributed by atoms with Crippen LogP contribution in [-0.4, -0.2) is 49.6 Å². The number of likely N-dealkylation sites (tertiary alicyclic amines) is 1. The van der Waals surface area contributed by atoms with Crippen LogP contribution in [0.3, 0.4) is 0 Å². The van der Waals surface area contributed by atoms with E-state index in [0.29, 0.717) is 38.2 Å². The molecule has 1 N–H and O–H groups in total. The number of aryl methyl sites for hydroxylation is 1. The van der Waals surface area contributed by atoms with Gasteiger partial charge in [0, 0.05) is 24.8 Å². The maximum absolute atomic E-state index is 12.4. The lowest BCUT2D eigenvalue weighted by Crippen LogP contribution is -2.40. The van der Waals surface area contributed by atoms with Gasteiger partial charge in [-0.2, -0.15) is 0 Å². The van der Waals surface area contributed by atoms with Gasteiger partial charge in [0.2, 0.25) is 0 Å². The van der Waals surface area contributed by atoms with Crippen LogP contribution in [0.5, 0.6) is 0 Å². The van der Waals surface area contributed by atoms with Crippen LogP contribution in [-0.2, 0) is 6.54 Å². The average molecular weight is 328 g/mol. The van der Waals surface area contributed by atoms with Gasteiger partial charge in [0.05, 0.1) is 30.7 Å². The lowest BCUT2D eigenvalue weighted by molar-refractivity contribution is 0.0541. The van der Waals surface area contributed by atoms with Crippen LogP contribution in [0.4, 0.5) is 0 Å². The van der Waals surface area contributed by atoms with E-state index in [9.17, 15) is 14.7 Å². The van der Waals surface area contributed by atoms with Crippen molar-refractivity contribution in [3.63, 3.8) is 0 Å². The summed E-state index contributed by atoms with van der Waals surface area (Å²) >= 11 is 0. The molecule has 1 aliphatic rings. The third-order valence-electron chi connectivity index (χ3n) is 4.26. The van der Waals surface area contributed by atoms with Crippen molar-refractivity contribution in [2.75, 3.05) is 13.1 Å². The van der Waals surface area contributed by atoms with Crippen molar-refractivity contribution in [1.82, 2.24) is 19.4 Å². The molecule has 126 valence electrons. The molecule has 0 bridgehead atoms. The van der Waals surface area contributed by atoms with Crippen LogP contribution >= 0.6 is 0 Å². The molecule has 1 fully saturated rings. The Morgan fingerprint density at radius 2 is 2.00 bits per heavy atom. The number of carbonyl (C=O) groups is 1. The van der Waals surface area contributed by atoms with E-state index in [1.54, 1.807) is 15.5 Å². The van der Waals surface area contributed by atoms with E-state index in [2.05, 4.69) is 9.97 Å². The number of aliphatic hydroxyl groups excluding tert-OH is 1. The molecule has 2 aromatic rings. The average Bonchev–Trinajstić information content (AvgIpc) is 2.59. The maximum atomic E-state index is 12.4. The van der Waals surface area contributed by atoms with E-state index in [0.717, 1.165) is 5.69 Å². The number of aliphatic hydroxyl groups is 1. The van der Waals surface area contributed by atoms with Gasteiger partial charge in [-0.15, -0.1) is 0 Å². The van der Waals surface area contributed by atoms with Crippen molar-refractivity contribution in [3.8, 4) is 0 Å². The molecule has 0 radical (unpaired) electrons. The summed E-state index contributed by atoms with van der Waals surface area (Å²) in [4.78, 5) is 34.4. The van der Waals surface area contributed by atoms with Gasteiger partial charge in [-0.25, -0.2) is 4.98 Å². The van der Waals surface area contributed by atoms with Crippen molar-refractivity contribution in [1.29, 1.82) is 0 Å². The molecule has 1 aliphatic heterocycles. The van der Waals surface area contributed by atoms with E-state index in [1.807, 2.05) is 13.0 Å². The van der Waals surface area contributed by atoms with Crippen LogP contribution in [0.1, 0.15) is 34.7 Å². The lowest BCUT2D eigenvalue weighted by atomic mass is 10.1. The zero-order valence-corrected chi connectivity index (χ0v) is 13.6. The third-order valence-corrected chi connectivity index (χ3v) is 4.26. The normalized spacial score (nSPS) is 15.5. The van der Waals surface area contributed by atoms with Gasteiger partial charge < -0.3 is 14.6 Å². The Morgan fingerprint density at radius 1 is 1.25 bits per heavy atom. The highest BCUT2D eigenvalue weighted by Gasteiger charge is 2.23. The van der Waals surface area contributed by atoms with E-state index >= 15 is 0 Å². The van der Waals surface area contributed by atoms with Gasteiger partial charge in [0.1, 0.15) is 5.69 Å². The molecule has 24 heavy (non-hydrogen) atoms. The van der Waals surface area contributed by atoms with E-state index < -0.39 is 0 Å². The van der Waals surface area contributed by atoms with Crippen molar-refractivity contribution in [2.24, 2.45) is 0 Å². The Hall–Kier alpha value is -2.54. The predicted molar refractivity (Wildman–Crippen MR) is 87.7 cm³/mol. The molecule has 0 aromatic carbocycles. The quantitative estimate of drug-likeness (QED) is 0.891. The van der Waals surface area contributed by atoms with E-state index in [4.69, 9.17) is 0 Å². The van der Waals surface area contributed by atoms with Crippen molar-refractivity contribution < 1.29 is 9.90 Å². The molecule has 0 atom stereocenters. The first-order valence-electron chi connectivity index (χ1n) is 7.99.